The van der Waals surface area contributed by atoms with E-state index in [4.69, 9.17) is 5.84 Å². The summed E-state index contributed by atoms with van der Waals surface area (Å²) < 4.78 is 0. The van der Waals surface area contributed by atoms with Gasteiger partial charge in [-0.15, -0.1) is 0 Å². The Morgan fingerprint density at radius 2 is 2.00 bits per heavy atom. The molecule has 0 atom stereocenters. The Morgan fingerprint density at radius 3 is 2.50 bits per heavy atom. The van der Waals surface area contributed by atoms with Gasteiger partial charge in [0.15, 0.2) is 0 Å². The van der Waals surface area contributed by atoms with Gasteiger partial charge in [-0.3, -0.25) is 10.2 Å². The first kappa shape index (κ1) is 8.74. The molecule has 0 radical (unpaired) electrons. The predicted molar refractivity (Wildman–Crippen MR) is 47.2 cm³/mol. The van der Waals surface area contributed by atoms with Gasteiger partial charge in [0.1, 0.15) is 0 Å². The minimum atomic E-state index is -0.168. The van der Waals surface area contributed by atoms with Gasteiger partial charge < -0.3 is 0 Å². The molecule has 1 aromatic rings. The van der Waals surface area contributed by atoms with Crippen molar-refractivity contribution in [2.45, 2.75) is 13.3 Å². The highest BCUT2D eigenvalue weighted by Gasteiger charge is 1.99. The van der Waals surface area contributed by atoms with E-state index < -0.39 is 0 Å². The molecule has 1 amide bonds. The summed E-state index contributed by atoms with van der Waals surface area (Å²) in [5, 5.41) is 0. The zero-order valence-corrected chi connectivity index (χ0v) is 7.00. The molecular formula is C9H12N2O. The van der Waals surface area contributed by atoms with Crippen LogP contribution in [0.2, 0.25) is 0 Å². The maximum atomic E-state index is 10.8. The van der Waals surface area contributed by atoms with Crippen molar-refractivity contribution in [3.8, 4) is 0 Å². The number of benzene rings is 1. The van der Waals surface area contributed by atoms with Crippen molar-refractivity contribution < 1.29 is 4.79 Å². The molecule has 0 aliphatic heterocycles. The van der Waals surface area contributed by atoms with Crippen LogP contribution in [0.3, 0.4) is 0 Å². The molecule has 0 saturated carbocycles. The Balaban J connectivity index is 2.64. The quantitative estimate of drug-likeness (QED) is 0.380. The Bertz CT molecular complexity index is 266. The van der Waals surface area contributed by atoms with E-state index in [2.05, 4.69) is 5.43 Å². The zero-order valence-electron chi connectivity index (χ0n) is 7.00. The third-order valence-electron chi connectivity index (χ3n) is 1.65. The lowest BCUT2D eigenvalue weighted by atomic mass is 10.1. The zero-order chi connectivity index (χ0) is 8.97. The summed E-state index contributed by atoms with van der Waals surface area (Å²) in [6, 6.07) is 7.79. The lowest BCUT2D eigenvalue weighted by Crippen LogP contribution is -2.31. The lowest BCUT2D eigenvalue weighted by molar-refractivity contribution is -0.120. The fourth-order valence-electron chi connectivity index (χ4n) is 0.942. The average molecular weight is 164 g/mol. The van der Waals surface area contributed by atoms with Crippen molar-refractivity contribution in [1.29, 1.82) is 0 Å². The van der Waals surface area contributed by atoms with E-state index in [0.717, 1.165) is 5.56 Å². The Labute approximate surface area is 71.5 Å². The molecule has 3 heteroatoms. The van der Waals surface area contributed by atoms with Crippen LogP contribution in [0.4, 0.5) is 0 Å². The molecule has 0 heterocycles. The van der Waals surface area contributed by atoms with Crippen molar-refractivity contribution >= 4 is 5.91 Å². The number of carbonyl (C=O) groups is 1. The number of nitrogens with two attached hydrogens (primary N) is 1. The second-order valence-electron chi connectivity index (χ2n) is 2.73. The van der Waals surface area contributed by atoms with Gasteiger partial charge in [-0.05, 0) is 12.5 Å². The molecule has 1 aromatic carbocycles. The smallest absolute Gasteiger partial charge is 0.238 e. The molecule has 0 aromatic heterocycles. The average Bonchev–Trinajstić information content (AvgIpc) is 2.09. The van der Waals surface area contributed by atoms with Gasteiger partial charge in [0.2, 0.25) is 5.91 Å². The summed E-state index contributed by atoms with van der Waals surface area (Å²) in [4.78, 5) is 10.8. The molecule has 0 saturated heterocycles. The van der Waals surface area contributed by atoms with E-state index >= 15 is 0 Å². The second-order valence-corrected chi connectivity index (χ2v) is 2.73. The number of aryl methyl sites for hydroxylation is 1. The van der Waals surface area contributed by atoms with Crippen molar-refractivity contribution in [3.05, 3.63) is 35.4 Å². The number of hydrazine groups is 1. The van der Waals surface area contributed by atoms with Gasteiger partial charge >= 0.3 is 0 Å². The maximum Gasteiger partial charge on any atom is 0.238 e. The van der Waals surface area contributed by atoms with Gasteiger partial charge in [-0.1, -0.05) is 29.8 Å². The van der Waals surface area contributed by atoms with Crippen LogP contribution in [-0.4, -0.2) is 5.91 Å². The maximum absolute atomic E-state index is 10.8. The summed E-state index contributed by atoms with van der Waals surface area (Å²) in [6.45, 7) is 2.01. The van der Waals surface area contributed by atoms with E-state index in [9.17, 15) is 4.79 Å². The van der Waals surface area contributed by atoms with Crippen LogP contribution in [0, 0.1) is 6.92 Å². The van der Waals surface area contributed by atoms with E-state index in [1.807, 2.05) is 31.2 Å². The second kappa shape index (κ2) is 3.88. The van der Waals surface area contributed by atoms with E-state index in [1.165, 1.54) is 5.56 Å². The minimum absolute atomic E-state index is 0.168. The molecule has 3 N–H and O–H groups in total. The third kappa shape index (κ3) is 2.36. The van der Waals surface area contributed by atoms with Gasteiger partial charge in [0.25, 0.3) is 0 Å². The Morgan fingerprint density at radius 1 is 1.42 bits per heavy atom. The summed E-state index contributed by atoms with van der Waals surface area (Å²) in [6.07, 6.45) is 0.344. The van der Waals surface area contributed by atoms with Crippen molar-refractivity contribution in [2.75, 3.05) is 0 Å². The fraction of sp³-hybridized carbons (Fsp3) is 0.222. The molecular weight excluding hydrogens is 152 g/mol. The molecule has 12 heavy (non-hydrogen) atoms. The van der Waals surface area contributed by atoms with Crippen LogP contribution in [0.25, 0.3) is 0 Å². The summed E-state index contributed by atoms with van der Waals surface area (Å²) in [5.74, 6) is 4.78. The van der Waals surface area contributed by atoms with Crippen LogP contribution in [0.1, 0.15) is 11.1 Å². The molecule has 0 fully saturated rings. The van der Waals surface area contributed by atoms with Crippen molar-refractivity contribution in [1.82, 2.24) is 5.43 Å². The van der Waals surface area contributed by atoms with Gasteiger partial charge in [-0.25, -0.2) is 5.84 Å². The van der Waals surface area contributed by atoms with E-state index in [1.54, 1.807) is 0 Å². The van der Waals surface area contributed by atoms with E-state index in [0.29, 0.717) is 6.42 Å². The number of hydrogen-bond acceptors (Lipinski definition) is 2. The standard InChI is InChI=1S/C9H12N2O/c1-7-2-4-8(5-3-7)6-9(12)11-10/h2-5H,6,10H2,1H3,(H,11,12). The van der Waals surface area contributed by atoms with Crippen LogP contribution in [0.15, 0.2) is 24.3 Å². The van der Waals surface area contributed by atoms with Gasteiger partial charge in [0, 0.05) is 0 Å². The highest BCUT2D eigenvalue weighted by atomic mass is 16.2. The predicted octanol–water partition coefficient (Wildman–Crippen LogP) is 0.527. The first-order valence-electron chi connectivity index (χ1n) is 3.77. The van der Waals surface area contributed by atoms with Crippen LogP contribution in [0.5, 0.6) is 0 Å². The van der Waals surface area contributed by atoms with Crippen molar-refractivity contribution in [3.63, 3.8) is 0 Å². The third-order valence-corrected chi connectivity index (χ3v) is 1.65. The largest absolute Gasteiger partial charge is 0.294 e. The van der Waals surface area contributed by atoms with Gasteiger partial charge in [0.05, 0.1) is 6.42 Å². The molecule has 0 aliphatic carbocycles. The topological polar surface area (TPSA) is 55.1 Å². The molecule has 0 aliphatic rings. The SMILES string of the molecule is Cc1ccc(CC(=O)NN)cc1. The first-order valence-corrected chi connectivity index (χ1v) is 3.77. The molecule has 1 rings (SSSR count). The summed E-state index contributed by atoms with van der Waals surface area (Å²) in [7, 11) is 0. The van der Waals surface area contributed by atoms with E-state index in [-0.39, 0.29) is 5.91 Å². The number of rotatable bonds is 2. The summed E-state index contributed by atoms with van der Waals surface area (Å²) in [5.41, 5.74) is 4.25. The van der Waals surface area contributed by atoms with Crippen molar-refractivity contribution in [2.24, 2.45) is 5.84 Å². The number of carbonyl (C=O) groups excluding carboxylic acids is 1. The highest BCUT2D eigenvalue weighted by Crippen LogP contribution is 2.03. The Hall–Kier alpha value is -1.35. The monoisotopic (exact) mass is 164 g/mol. The molecule has 64 valence electrons. The molecule has 0 spiro atoms. The Kier molecular flexibility index (Phi) is 2.82. The highest BCUT2D eigenvalue weighted by molar-refractivity contribution is 5.77. The lowest BCUT2D eigenvalue weighted by Gasteiger charge is -1.99. The number of hydrogen-bond donors (Lipinski definition) is 2. The minimum Gasteiger partial charge on any atom is -0.294 e. The van der Waals surface area contributed by atoms with Crippen LogP contribution >= 0.6 is 0 Å². The first-order chi connectivity index (χ1) is 5.72. The summed E-state index contributed by atoms with van der Waals surface area (Å²) >= 11 is 0. The molecule has 0 bridgehead atoms. The number of nitrogens with one attached hydrogen (secondary N) is 1. The van der Waals surface area contributed by atoms with Gasteiger partial charge in [-0.2, -0.15) is 0 Å². The molecule has 3 nitrogen and oxygen atoms in total. The van der Waals surface area contributed by atoms with Crippen LogP contribution in [-0.2, 0) is 11.2 Å². The normalized spacial score (nSPS) is 9.50. The van der Waals surface area contributed by atoms with Crippen LogP contribution < -0.4 is 11.3 Å². The molecule has 0 unspecified atom stereocenters. The number of amides is 1. The fourth-order valence-corrected chi connectivity index (χ4v) is 0.942.